The van der Waals surface area contributed by atoms with Crippen LogP contribution in [0.5, 0.6) is 0 Å². The van der Waals surface area contributed by atoms with E-state index in [1.54, 1.807) is 20.8 Å². The van der Waals surface area contributed by atoms with E-state index in [2.05, 4.69) is 5.32 Å². The fraction of sp³-hybridized carbons (Fsp3) is 0.500. The van der Waals surface area contributed by atoms with Crippen molar-refractivity contribution in [3.05, 3.63) is 29.6 Å². The number of anilines is 1. The average Bonchev–Trinajstić information content (AvgIpc) is 2.85. The van der Waals surface area contributed by atoms with E-state index in [-0.39, 0.29) is 18.0 Å². The Morgan fingerprint density at radius 3 is 2.59 bits per heavy atom. The summed E-state index contributed by atoms with van der Waals surface area (Å²) in [6.45, 7) is 5.91. The number of carbonyl (C=O) groups excluding carboxylic acids is 2. The lowest BCUT2D eigenvalue weighted by Gasteiger charge is -2.19. The number of hydrogen-bond acceptors (Lipinski definition) is 3. The summed E-state index contributed by atoms with van der Waals surface area (Å²) in [6.07, 6.45) is -0.0656. The van der Waals surface area contributed by atoms with Gasteiger partial charge in [-0.15, -0.1) is 0 Å². The molecule has 120 valence electrons. The molecule has 6 heteroatoms. The Kier molecular flexibility index (Phi) is 4.51. The molecule has 1 aromatic rings. The maximum absolute atomic E-state index is 13.9. The van der Waals surface area contributed by atoms with E-state index in [0.717, 1.165) is 6.07 Å². The third kappa shape index (κ3) is 3.62. The molecule has 2 amide bonds. The number of benzene rings is 1. The molecule has 0 aliphatic carbocycles. The molecule has 5 nitrogen and oxygen atoms in total. The number of likely N-dealkylation sites (tertiary alicyclic amines) is 1. The highest BCUT2D eigenvalue weighted by molar-refractivity contribution is 5.98. The van der Waals surface area contributed by atoms with Crippen LogP contribution in [0.2, 0.25) is 0 Å². The predicted molar refractivity (Wildman–Crippen MR) is 81.0 cm³/mol. The lowest BCUT2D eigenvalue weighted by atomic mass is 9.95. The summed E-state index contributed by atoms with van der Waals surface area (Å²) >= 11 is 0. The summed E-state index contributed by atoms with van der Waals surface area (Å²) in [5.74, 6) is -1.32. The molecule has 0 saturated carbocycles. The molecule has 1 atom stereocenters. The van der Waals surface area contributed by atoms with Crippen molar-refractivity contribution in [2.75, 3.05) is 18.4 Å². The first-order valence-corrected chi connectivity index (χ1v) is 7.27. The third-order valence-corrected chi connectivity index (χ3v) is 3.59. The number of aliphatic hydroxyl groups is 1. The van der Waals surface area contributed by atoms with Crippen LogP contribution < -0.4 is 5.32 Å². The highest BCUT2D eigenvalue weighted by atomic mass is 19.1. The predicted octanol–water partition coefficient (Wildman–Crippen LogP) is 2.02. The monoisotopic (exact) mass is 308 g/mol. The van der Waals surface area contributed by atoms with Gasteiger partial charge in [-0.3, -0.25) is 9.59 Å². The van der Waals surface area contributed by atoms with Gasteiger partial charge in [-0.05, 0) is 24.6 Å². The van der Waals surface area contributed by atoms with Crippen molar-refractivity contribution in [3.63, 3.8) is 0 Å². The summed E-state index contributed by atoms with van der Waals surface area (Å²) in [7, 11) is 0. The molecule has 1 aliphatic heterocycles. The number of nitrogens with zero attached hydrogens (tertiary/aromatic N) is 1. The van der Waals surface area contributed by atoms with Crippen molar-refractivity contribution >= 4 is 17.5 Å². The quantitative estimate of drug-likeness (QED) is 0.878. The van der Waals surface area contributed by atoms with Crippen LogP contribution in [-0.4, -0.2) is 41.0 Å². The van der Waals surface area contributed by atoms with E-state index < -0.39 is 23.2 Å². The first kappa shape index (κ1) is 16.4. The summed E-state index contributed by atoms with van der Waals surface area (Å²) < 4.78 is 13.9. The van der Waals surface area contributed by atoms with E-state index in [4.69, 9.17) is 0 Å². The van der Waals surface area contributed by atoms with E-state index in [9.17, 15) is 19.1 Å². The molecular formula is C16H21FN2O3. The minimum Gasteiger partial charge on any atom is -0.391 e. The Morgan fingerprint density at radius 2 is 2.05 bits per heavy atom. The first-order valence-electron chi connectivity index (χ1n) is 7.27. The Balaban J connectivity index is 2.20. The smallest absolute Gasteiger partial charge is 0.256 e. The fourth-order valence-electron chi connectivity index (χ4n) is 2.18. The number of β-amino-alcohol motifs (C(OH)–C–C–N with tert-alkyl or cyclic N) is 1. The zero-order chi connectivity index (χ0) is 16.5. The lowest BCUT2D eigenvalue weighted by Crippen LogP contribution is -2.31. The van der Waals surface area contributed by atoms with Gasteiger partial charge in [0.1, 0.15) is 5.82 Å². The standard InChI is InChI=1S/C16H21FN2O3/c1-16(2,3)15(22)18-10-4-5-13(17)12(8-10)14(21)19-7-6-11(20)9-19/h4-5,8,11,20H,6-7,9H2,1-3H3,(H,18,22)/t11-/m1/s1. The second-order valence-electron chi connectivity index (χ2n) is 6.59. The number of amides is 2. The second-order valence-corrected chi connectivity index (χ2v) is 6.59. The molecular weight excluding hydrogens is 287 g/mol. The van der Waals surface area contributed by atoms with Crippen LogP contribution in [0, 0.1) is 11.2 Å². The zero-order valence-corrected chi connectivity index (χ0v) is 13.0. The summed E-state index contributed by atoms with van der Waals surface area (Å²) in [5, 5.41) is 12.2. The number of nitrogens with one attached hydrogen (secondary N) is 1. The summed E-state index contributed by atoms with van der Waals surface area (Å²) in [6, 6.07) is 3.93. The van der Waals surface area contributed by atoms with Crippen LogP contribution in [0.1, 0.15) is 37.6 Å². The van der Waals surface area contributed by atoms with Crippen LogP contribution in [0.25, 0.3) is 0 Å². The maximum atomic E-state index is 13.9. The Morgan fingerprint density at radius 1 is 1.36 bits per heavy atom. The van der Waals surface area contributed by atoms with Gasteiger partial charge in [0, 0.05) is 24.2 Å². The van der Waals surface area contributed by atoms with Crippen LogP contribution >= 0.6 is 0 Å². The van der Waals surface area contributed by atoms with Crippen molar-refractivity contribution in [3.8, 4) is 0 Å². The average molecular weight is 308 g/mol. The van der Waals surface area contributed by atoms with E-state index >= 15 is 0 Å². The number of halogens is 1. The minimum absolute atomic E-state index is 0.0965. The van der Waals surface area contributed by atoms with Gasteiger partial charge < -0.3 is 15.3 Å². The Bertz CT molecular complexity index is 596. The van der Waals surface area contributed by atoms with Crippen molar-refractivity contribution in [1.82, 2.24) is 4.90 Å². The van der Waals surface area contributed by atoms with Gasteiger partial charge in [0.05, 0.1) is 11.7 Å². The van der Waals surface area contributed by atoms with Crippen LogP contribution in [0.3, 0.4) is 0 Å². The van der Waals surface area contributed by atoms with Gasteiger partial charge >= 0.3 is 0 Å². The molecule has 0 aromatic heterocycles. The van der Waals surface area contributed by atoms with Crippen LogP contribution in [-0.2, 0) is 4.79 Å². The third-order valence-electron chi connectivity index (χ3n) is 3.59. The summed E-state index contributed by atoms with van der Waals surface area (Å²) in [4.78, 5) is 25.7. The first-order chi connectivity index (χ1) is 10.2. The normalized spacial score (nSPS) is 18.4. The van der Waals surface area contributed by atoms with Crippen molar-refractivity contribution < 1.29 is 19.1 Å². The van der Waals surface area contributed by atoms with E-state index in [0.29, 0.717) is 18.7 Å². The molecule has 1 aliphatic rings. The number of aliphatic hydroxyl groups excluding tert-OH is 1. The molecule has 1 aromatic carbocycles. The molecule has 0 spiro atoms. The van der Waals surface area contributed by atoms with Gasteiger partial charge in [0.25, 0.3) is 5.91 Å². The molecule has 0 radical (unpaired) electrons. The molecule has 2 N–H and O–H groups in total. The number of carbonyl (C=O) groups is 2. The Labute approximate surface area is 129 Å². The van der Waals surface area contributed by atoms with Crippen LogP contribution in [0.4, 0.5) is 10.1 Å². The fourth-order valence-corrected chi connectivity index (χ4v) is 2.18. The highest BCUT2D eigenvalue weighted by Crippen LogP contribution is 2.22. The van der Waals surface area contributed by atoms with Crippen molar-refractivity contribution in [2.45, 2.75) is 33.3 Å². The van der Waals surface area contributed by atoms with Crippen LogP contribution in [0.15, 0.2) is 18.2 Å². The SMILES string of the molecule is CC(C)(C)C(=O)Nc1ccc(F)c(C(=O)N2CC[C@@H](O)C2)c1. The van der Waals surface area contributed by atoms with E-state index in [1.165, 1.54) is 17.0 Å². The zero-order valence-electron chi connectivity index (χ0n) is 13.0. The van der Waals surface area contributed by atoms with Gasteiger partial charge in [0.15, 0.2) is 0 Å². The van der Waals surface area contributed by atoms with Crippen molar-refractivity contribution in [1.29, 1.82) is 0 Å². The summed E-state index contributed by atoms with van der Waals surface area (Å²) in [5.41, 5.74) is -0.303. The molecule has 1 heterocycles. The maximum Gasteiger partial charge on any atom is 0.256 e. The lowest BCUT2D eigenvalue weighted by molar-refractivity contribution is -0.123. The van der Waals surface area contributed by atoms with E-state index in [1.807, 2.05) is 0 Å². The molecule has 1 fully saturated rings. The molecule has 22 heavy (non-hydrogen) atoms. The van der Waals surface area contributed by atoms with Gasteiger partial charge in [-0.2, -0.15) is 0 Å². The number of hydrogen-bond donors (Lipinski definition) is 2. The molecule has 0 unspecified atom stereocenters. The molecule has 2 rings (SSSR count). The minimum atomic E-state index is -0.639. The highest BCUT2D eigenvalue weighted by Gasteiger charge is 2.28. The second kappa shape index (κ2) is 6.04. The van der Waals surface area contributed by atoms with Crippen molar-refractivity contribution in [2.24, 2.45) is 5.41 Å². The molecule has 0 bridgehead atoms. The largest absolute Gasteiger partial charge is 0.391 e. The van der Waals surface area contributed by atoms with Gasteiger partial charge in [-0.25, -0.2) is 4.39 Å². The molecule has 1 saturated heterocycles. The Hall–Kier alpha value is -1.95. The van der Waals surface area contributed by atoms with Gasteiger partial charge in [0.2, 0.25) is 5.91 Å². The number of rotatable bonds is 2. The topological polar surface area (TPSA) is 69.6 Å². The van der Waals surface area contributed by atoms with Gasteiger partial charge in [-0.1, -0.05) is 20.8 Å².